The van der Waals surface area contributed by atoms with Crippen LogP contribution in [0.15, 0.2) is 34.9 Å². The van der Waals surface area contributed by atoms with Crippen LogP contribution in [0.2, 0.25) is 5.02 Å². The molecule has 1 atom stereocenters. The highest BCUT2D eigenvalue weighted by molar-refractivity contribution is 6.30. The topological polar surface area (TPSA) is 41.3 Å². The lowest BCUT2D eigenvalue weighted by Crippen LogP contribution is -2.43. The van der Waals surface area contributed by atoms with Gasteiger partial charge in [0.25, 0.3) is 0 Å². The number of aromatic nitrogens is 1. The second-order valence-corrected chi connectivity index (χ2v) is 5.95. The first-order valence-electron chi connectivity index (χ1n) is 7.34. The van der Waals surface area contributed by atoms with Crippen molar-refractivity contribution in [2.45, 2.75) is 25.4 Å². The summed E-state index contributed by atoms with van der Waals surface area (Å²) in [4.78, 5) is 7.01. The number of likely N-dealkylation sites (tertiary alicyclic amines) is 1. The van der Waals surface area contributed by atoms with Crippen LogP contribution in [-0.4, -0.2) is 36.1 Å². The molecule has 1 fully saturated rings. The summed E-state index contributed by atoms with van der Waals surface area (Å²) in [7, 11) is 2.03. The van der Waals surface area contributed by atoms with Crippen LogP contribution in [0.3, 0.4) is 0 Å². The van der Waals surface area contributed by atoms with Crippen LogP contribution in [0.25, 0.3) is 11.5 Å². The van der Waals surface area contributed by atoms with E-state index in [4.69, 9.17) is 16.0 Å². The number of likely N-dealkylation sites (N-methyl/N-ethyl adjacent to an activating group) is 1. The normalized spacial score (nSPS) is 19.8. The Labute approximate surface area is 130 Å². The Morgan fingerprint density at radius 2 is 2.19 bits per heavy atom. The number of halogens is 1. The molecule has 3 rings (SSSR count). The van der Waals surface area contributed by atoms with Crippen molar-refractivity contribution in [1.29, 1.82) is 0 Å². The van der Waals surface area contributed by atoms with E-state index in [2.05, 4.69) is 15.2 Å². The summed E-state index contributed by atoms with van der Waals surface area (Å²) in [5.74, 6) is 0.656. The van der Waals surface area contributed by atoms with E-state index in [1.165, 1.54) is 12.8 Å². The van der Waals surface area contributed by atoms with Crippen LogP contribution in [0.1, 0.15) is 18.5 Å². The van der Waals surface area contributed by atoms with Crippen LogP contribution in [0.5, 0.6) is 0 Å². The first kappa shape index (κ1) is 14.6. The average Bonchev–Trinajstić information content (AvgIpc) is 2.96. The maximum atomic E-state index is 5.90. The van der Waals surface area contributed by atoms with Gasteiger partial charge in [-0.15, -0.1) is 0 Å². The summed E-state index contributed by atoms with van der Waals surface area (Å²) in [6, 6.07) is 8.14. The predicted molar refractivity (Wildman–Crippen MR) is 84.3 cm³/mol. The molecule has 1 N–H and O–H groups in total. The third-order valence-electron chi connectivity index (χ3n) is 3.94. The summed E-state index contributed by atoms with van der Waals surface area (Å²) < 4.78 is 5.59. The number of benzene rings is 1. The molecule has 1 aromatic carbocycles. The van der Waals surface area contributed by atoms with Gasteiger partial charge >= 0.3 is 0 Å². The molecule has 1 saturated heterocycles. The highest BCUT2D eigenvalue weighted by Gasteiger charge is 2.19. The number of hydrogen-bond acceptors (Lipinski definition) is 4. The van der Waals surface area contributed by atoms with Gasteiger partial charge in [-0.3, -0.25) is 4.90 Å². The van der Waals surface area contributed by atoms with Gasteiger partial charge in [-0.2, -0.15) is 0 Å². The highest BCUT2D eigenvalue weighted by Crippen LogP contribution is 2.22. The first-order valence-corrected chi connectivity index (χ1v) is 7.72. The van der Waals surface area contributed by atoms with Crippen LogP contribution < -0.4 is 5.32 Å². The summed E-state index contributed by atoms with van der Waals surface area (Å²) in [6.45, 7) is 3.04. The zero-order chi connectivity index (χ0) is 14.7. The lowest BCUT2D eigenvalue weighted by atomic mass is 10.1. The first-order chi connectivity index (χ1) is 10.2. The van der Waals surface area contributed by atoms with Crippen molar-refractivity contribution < 1.29 is 4.42 Å². The van der Waals surface area contributed by atoms with E-state index in [0.29, 0.717) is 11.9 Å². The Bertz CT molecular complexity index is 581. The van der Waals surface area contributed by atoms with Crippen molar-refractivity contribution in [1.82, 2.24) is 15.2 Å². The van der Waals surface area contributed by atoms with Gasteiger partial charge in [0.15, 0.2) is 0 Å². The van der Waals surface area contributed by atoms with Gasteiger partial charge in [0.05, 0.1) is 5.69 Å². The van der Waals surface area contributed by atoms with E-state index in [0.717, 1.165) is 35.9 Å². The molecular formula is C16H20ClN3O. The predicted octanol–water partition coefficient (Wildman–Crippen LogP) is 3.18. The number of oxazole rings is 1. The minimum atomic E-state index is 0.585. The SMILES string of the molecule is CNC1CCCN(Cc2coc(-c3ccc(Cl)cc3)n2)C1. The molecule has 1 aliphatic rings. The maximum absolute atomic E-state index is 5.90. The number of hydrogen-bond donors (Lipinski definition) is 1. The van der Waals surface area contributed by atoms with Gasteiger partial charge < -0.3 is 9.73 Å². The second-order valence-electron chi connectivity index (χ2n) is 5.51. The molecule has 5 heteroatoms. The molecule has 0 aliphatic carbocycles. The third kappa shape index (κ3) is 3.64. The summed E-state index contributed by atoms with van der Waals surface area (Å²) in [5, 5.41) is 4.08. The fraction of sp³-hybridized carbons (Fsp3) is 0.438. The Morgan fingerprint density at radius 1 is 1.38 bits per heavy atom. The molecule has 21 heavy (non-hydrogen) atoms. The molecular weight excluding hydrogens is 286 g/mol. The molecule has 0 amide bonds. The number of rotatable bonds is 4. The van der Waals surface area contributed by atoms with Crippen molar-refractivity contribution in [3.63, 3.8) is 0 Å². The third-order valence-corrected chi connectivity index (χ3v) is 4.19. The standard InChI is InChI=1S/C16H20ClN3O/c1-18-14-3-2-8-20(9-14)10-15-11-21-16(19-15)12-4-6-13(17)7-5-12/h4-7,11,14,18H,2-3,8-10H2,1H3. The van der Waals surface area contributed by atoms with Gasteiger partial charge in [-0.1, -0.05) is 11.6 Å². The zero-order valence-corrected chi connectivity index (χ0v) is 12.9. The lowest BCUT2D eigenvalue weighted by Gasteiger charge is -2.31. The van der Waals surface area contributed by atoms with Gasteiger partial charge in [0.1, 0.15) is 6.26 Å². The van der Waals surface area contributed by atoms with Crippen LogP contribution >= 0.6 is 11.6 Å². The minimum absolute atomic E-state index is 0.585. The quantitative estimate of drug-likeness (QED) is 0.942. The van der Waals surface area contributed by atoms with Gasteiger partial charge in [-0.05, 0) is 50.7 Å². The maximum Gasteiger partial charge on any atom is 0.226 e. The van der Waals surface area contributed by atoms with E-state index >= 15 is 0 Å². The van der Waals surface area contributed by atoms with E-state index < -0.39 is 0 Å². The van der Waals surface area contributed by atoms with E-state index in [1.807, 2.05) is 31.3 Å². The number of nitrogens with one attached hydrogen (secondary N) is 1. The van der Waals surface area contributed by atoms with E-state index in [1.54, 1.807) is 6.26 Å². The second kappa shape index (κ2) is 6.60. The average molecular weight is 306 g/mol. The molecule has 0 saturated carbocycles. The highest BCUT2D eigenvalue weighted by atomic mass is 35.5. The monoisotopic (exact) mass is 305 g/mol. The Balaban J connectivity index is 1.66. The van der Waals surface area contributed by atoms with Gasteiger partial charge in [0, 0.05) is 29.7 Å². The number of piperidine rings is 1. The van der Waals surface area contributed by atoms with E-state index in [9.17, 15) is 0 Å². The summed E-state index contributed by atoms with van der Waals surface area (Å²) in [6.07, 6.45) is 4.24. The van der Waals surface area contributed by atoms with Crippen LogP contribution in [-0.2, 0) is 6.54 Å². The minimum Gasteiger partial charge on any atom is -0.444 e. The molecule has 112 valence electrons. The molecule has 0 spiro atoms. The van der Waals surface area contributed by atoms with Crippen LogP contribution in [0.4, 0.5) is 0 Å². The molecule has 2 aromatic rings. The van der Waals surface area contributed by atoms with Crippen molar-refractivity contribution in [3.8, 4) is 11.5 Å². The molecule has 2 heterocycles. The summed E-state index contributed by atoms with van der Waals surface area (Å²) >= 11 is 5.90. The largest absolute Gasteiger partial charge is 0.444 e. The fourth-order valence-electron chi connectivity index (χ4n) is 2.77. The van der Waals surface area contributed by atoms with Crippen molar-refractivity contribution in [2.75, 3.05) is 20.1 Å². The number of nitrogens with zero attached hydrogens (tertiary/aromatic N) is 2. The molecule has 0 bridgehead atoms. The van der Waals surface area contributed by atoms with Gasteiger partial charge in [-0.25, -0.2) is 4.98 Å². The van der Waals surface area contributed by atoms with Crippen LogP contribution in [0, 0.1) is 0 Å². The molecule has 1 aromatic heterocycles. The molecule has 1 aliphatic heterocycles. The Kier molecular flexibility index (Phi) is 4.58. The fourth-order valence-corrected chi connectivity index (χ4v) is 2.89. The van der Waals surface area contributed by atoms with Crippen molar-refractivity contribution in [2.24, 2.45) is 0 Å². The van der Waals surface area contributed by atoms with Crippen molar-refractivity contribution in [3.05, 3.63) is 41.2 Å². The zero-order valence-electron chi connectivity index (χ0n) is 12.2. The smallest absolute Gasteiger partial charge is 0.226 e. The lowest BCUT2D eigenvalue weighted by molar-refractivity contribution is 0.186. The Hall–Kier alpha value is -1.36. The summed E-state index contributed by atoms with van der Waals surface area (Å²) in [5.41, 5.74) is 1.94. The molecule has 0 radical (unpaired) electrons. The molecule has 1 unspecified atom stereocenters. The van der Waals surface area contributed by atoms with Crippen molar-refractivity contribution >= 4 is 11.6 Å². The van der Waals surface area contributed by atoms with Gasteiger partial charge in [0.2, 0.25) is 5.89 Å². The molecule has 4 nitrogen and oxygen atoms in total. The van der Waals surface area contributed by atoms with E-state index in [-0.39, 0.29) is 0 Å². The Morgan fingerprint density at radius 3 is 2.95 bits per heavy atom.